The number of hydrogen-bond acceptors (Lipinski definition) is 4. The maximum absolute atomic E-state index is 4.61. The number of aliphatic imine (C=N–C) groups is 1. The first-order valence-corrected chi connectivity index (χ1v) is 8.93. The second-order valence-electron chi connectivity index (χ2n) is 4.89. The molecule has 0 aliphatic rings. The van der Waals surface area contributed by atoms with E-state index in [0.29, 0.717) is 6.54 Å². The Bertz CT molecular complexity index is 739. The fraction of sp³-hybridized carbons (Fsp3) is 0.333. The molecule has 0 amide bonds. The van der Waals surface area contributed by atoms with Crippen LogP contribution in [0.2, 0.25) is 0 Å². The fourth-order valence-corrected chi connectivity index (χ4v) is 3.65. The van der Waals surface area contributed by atoms with Gasteiger partial charge in [-0.1, -0.05) is 0 Å². The summed E-state index contributed by atoms with van der Waals surface area (Å²) in [6.45, 7) is 6.40. The number of guanidine groups is 1. The molecule has 0 saturated carbocycles. The third kappa shape index (κ3) is 3.66. The SMILES string of the molecule is CCNC(=NCc1cn2ccsc2n1)NCc1ccc(C)s1. The van der Waals surface area contributed by atoms with Crippen LogP contribution in [0.15, 0.2) is 34.9 Å². The number of hydrogen-bond donors (Lipinski definition) is 2. The summed E-state index contributed by atoms with van der Waals surface area (Å²) in [7, 11) is 0. The quantitative estimate of drug-likeness (QED) is 0.557. The van der Waals surface area contributed by atoms with Crippen molar-refractivity contribution < 1.29 is 0 Å². The monoisotopic (exact) mass is 333 g/mol. The third-order valence-electron chi connectivity index (χ3n) is 3.11. The van der Waals surface area contributed by atoms with Crippen LogP contribution in [0.25, 0.3) is 4.96 Å². The molecule has 3 aromatic rings. The van der Waals surface area contributed by atoms with E-state index < -0.39 is 0 Å². The molecule has 0 atom stereocenters. The van der Waals surface area contributed by atoms with Gasteiger partial charge in [-0.3, -0.25) is 4.40 Å². The minimum atomic E-state index is 0.577. The first kappa shape index (κ1) is 15.1. The summed E-state index contributed by atoms with van der Waals surface area (Å²) in [5.41, 5.74) is 0.982. The number of aryl methyl sites for hydroxylation is 1. The van der Waals surface area contributed by atoms with Gasteiger partial charge in [0.2, 0.25) is 0 Å². The minimum absolute atomic E-state index is 0.577. The van der Waals surface area contributed by atoms with Crippen molar-refractivity contribution in [2.24, 2.45) is 4.99 Å². The van der Waals surface area contributed by atoms with E-state index in [1.807, 2.05) is 22.2 Å². The summed E-state index contributed by atoms with van der Waals surface area (Å²) in [6, 6.07) is 4.30. The van der Waals surface area contributed by atoms with Gasteiger partial charge in [0.1, 0.15) is 0 Å². The topological polar surface area (TPSA) is 53.7 Å². The molecule has 7 heteroatoms. The number of fused-ring (bicyclic) bond motifs is 1. The zero-order valence-electron chi connectivity index (χ0n) is 12.7. The van der Waals surface area contributed by atoms with Crippen molar-refractivity contribution in [3.8, 4) is 0 Å². The highest BCUT2D eigenvalue weighted by Gasteiger charge is 2.03. The summed E-state index contributed by atoms with van der Waals surface area (Å²) >= 11 is 3.44. The highest BCUT2D eigenvalue weighted by atomic mass is 32.1. The van der Waals surface area contributed by atoms with E-state index >= 15 is 0 Å². The maximum Gasteiger partial charge on any atom is 0.193 e. The van der Waals surface area contributed by atoms with E-state index in [4.69, 9.17) is 0 Å². The summed E-state index contributed by atoms with van der Waals surface area (Å²) in [6.07, 6.45) is 4.05. The molecule has 22 heavy (non-hydrogen) atoms. The Balaban J connectivity index is 1.62. The van der Waals surface area contributed by atoms with Crippen LogP contribution in [-0.2, 0) is 13.1 Å². The molecule has 0 bridgehead atoms. The van der Waals surface area contributed by atoms with Crippen molar-refractivity contribution in [3.05, 3.63) is 45.4 Å². The number of aromatic nitrogens is 2. The lowest BCUT2D eigenvalue weighted by Gasteiger charge is -2.09. The molecule has 0 fully saturated rings. The molecule has 0 unspecified atom stereocenters. The Hall–Kier alpha value is -1.86. The maximum atomic E-state index is 4.61. The van der Waals surface area contributed by atoms with Crippen LogP contribution in [0, 0.1) is 6.92 Å². The number of rotatable bonds is 5. The Morgan fingerprint density at radius 1 is 1.36 bits per heavy atom. The highest BCUT2D eigenvalue weighted by molar-refractivity contribution is 7.15. The van der Waals surface area contributed by atoms with Crippen molar-refractivity contribution in [2.45, 2.75) is 26.9 Å². The van der Waals surface area contributed by atoms with Gasteiger partial charge in [0.05, 0.1) is 18.8 Å². The van der Waals surface area contributed by atoms with Gasteiger partial charge in [-0.15, -0.1) is 22.7 Å². The number of imidazole rings is 1. The number of nitrogens with one attached hydrogen (secondary N) is 2. The zero-order valence-corrected chi connectivity index (χ0v) is 14.3. The molecule has 3 rings (SSSR count). The number of thiophene rings is 1. The summed E-state index contributed by atoms with van der Waals surface area (Å²) in [4.78, 5) is 12.8. The molecule has 0 aliphatic heterocycles. The predicted octanol–water partition coefficient (Wildman–Crippen LogP) is 3.02. The second kappa shape index (κ2) is 6.93. The lowest BCUT2D eigenvalue weighted by Crippen LogP contribution is -2.36. The van der Waals surface area contributed by atoms with Crippen molar-refractivity contribution >= 4 is 33.6 Å². The largest absolute Gasteiger partial charge is 0.357 e. The standard InChI is InChI=1S/C15H19N5S2/c1-3-16-14(18-9-13-5-4-11(2)22-13)17-8-12-10-20-6-7-21-15(20)19-12/h4-7,10H,3,8-9H2,1-2H3,(H2,16,17,18). The van der Waals surface area contributed by atoms with Crippen LogP contribution < -0.4 is 10.6 Å². The van der Waals surface area contributed by atoms with Crippen LogP contribution in [0.5, 0.6) is 0 Å². The van der Waals surface area contributed by atoms with Gasteiger partial charge in [0.15, 0.2) is 10.9 Å². The van der Waals surface area contributed by atoms with Gasteiger partial charge >= 0.3 is 0 Å². The van der Waals surface area contributed by atoms with E-state index in [9.17, 15) is 0 Å². The molecule has 116 valence electrons. The van der Waals surface area contributed by atoms with Gasteiger partial charge in [-0.05, 0) is 26.0 Å². The second-order valence-corrected chi connectivity index (χ2v) is 7.13. The van der Waals surface area contributed by atoms with Crippen LogP contribution in [0.4, 0.5) is 0 Å². The first-order valence-electron chi connectivity index (χ1n) is 7.23. The Labute approximate surface area is 137 Å². The Kier molecular flexibility index (Phi) is 4.74. The van der Waals surface area contributed by atoms with Crippen molar-refractivity contribution in [1.29, 1.82) is 0 Å². The van der Waals surface area contributed by atoms with Gasteiger partial charge in [0.25, 0.3) is 0 Å². The molecule has 0 aromatic carbocycles. The highest BCUT2D eigenvalue weighted by Crippen LogP contribution is 2.14. The van der Waals surface area contributed by atoms with E-state index in [1.54, 1.807) is 22.7 Å². The van der Waals surface area contributed by atoms with Gasteiger partial charge < -0.3 is 10.6 Å². The third-order valence-corrected chi connectivity index (χ3v) is 4.88. The molecule has 0 spiro atoms. The van der Waals surface area contributed by atoms with Crippen molar-refractivity contribution in [1.82, 2.24) is 20.0 Å². The summed E-state index contributed by atoms with van der Waals surface area (Å²) in [5.74, 6) is 0.824. The molecule has 5 nitrogen and oxygen atoms in total. The van der Waals surface area contributed by atoms with E-state index in [0.717, 1.165) is 29.7 Å². The fourth-order valence-electron chi connectivity index (χ4n) is 2.11. The number of thiazole rings is 1. The van der Waals surface area contributed by atoms with E-state index in [2.05, 4.69) is 46.6 Å². The predicted molar refractivity (Wildman–Crippen MR) is 93.8 cm³/mol. The lowest BCUT2D eigenvalue weighted by molar-refractivity contribution is 0.820. The average Bonchev–Trinajstić information content (AvgIpc) is 3.17. The summed E-state index contributed by atoms with van der Waals surface area (Å²) < 4.78 is 2.03. The molecule has 0 radical (unpaired) electrons. The normalized spacial score (nSPS) is 12.0. The Morgan fingerprint density at radius 3 is 3.00 bits per heavy atom. The van der Waals surface area contributed by atoms with Crippen LogP contribution in [0.3, 0.4) is 0 Å². The van der Waals surface area contributed by atoms with E-state index in [-0.39, 0.29) is 0 Å². The molecule has 2 N–H and O–H groups in total. The van der Waals surface area contributed by atoms with Crippen LogP contribution >= 0.6 is 22.7 Å². The smallest absolute Gasteiger partial charge is 0.193 e. The van der Waals surface area contributed by atoms with Crippen LogP contribution in [0.1, 0.15) is 22.4 Å². The Morgan fingerprint density at radius 2 is 2.27 bits per heavy atom. The average molecular weight is 333 g/mol. The van der Waals surface area contributed by atoms with Crippen LogP contribution in [-0.4, -0.2) is 21.9 Å². The number of nitrogens with zero attached hydrogens (tertiary/aromatic N) is 3. The van der Waals surface area contributed by atoms with Gasteiger partial charge in [-0.25, -0.2) is 9.98 Å². The zero-order chi connectivity index (χ0) is 15.4. The summed E-state index contributed by atoms with van der Waals surface area (Å²) in [5, 5.41) is 8.67. The molecule has 3 heterocycles. The molecular formula is C15H19N5S2. The van der Waals surface area contributed by atoms with Crippen molar-refractivity contribution in [3.63, 3.8) is 0 Å². The minimum Gasteiger partial charge on any atom is -0.357 e. The van der Waals surface area contributed by atoms with Gasteiger partial charge in [-0.2, -0.15) is 0 Å². The first-order chi connectivity index (χ1) is 10.7. The molecule has 0 aliphatic carbocycles. The van der Waals surface area contributed by atoms with E-state index in [1.165, 1.54) is 9.75 Å². The van der Waals surface area contributed by atoms with Gasteiger partial charge in [0, 0.05) is 34.1 Å². The molecule has 3 aromatic heterocycles. The van der Waals surface area contributed by atoms with Crippen molar-refractivity contribution in [2.75, 3.05) is 6.54 Å². The molecule has 0 saturated heterocycles. The molecular weight excluding hydrogens is 314 g/mol. The lowest BCUT2D eigenvalue weighted by atomic mass is 10.4.